The number of hydrogen-bond donors (Lipinski definition) is 1. The highest BCUT2D eigenvalue weighted by molar-refractivity contribution is 7.99. The molecule has 0 aromatic carbocycles. The first kappa shape index (κ1) is 26.8. The summed E-state index contributed by atoms with van der Waals surface area (Å²) < 4.78 is 52.2. The lowest BCUT2D eigenvalue weighted by atomic mass is 10.3. The second-order valence-electron chi connectivity index (χ2n) is 5.83. The molecule has 0 saturated heterocycles. The molecule has 0 bridgehead atoms. The van der Waals surface area contributed by atoms with Crippen LogP contribution in [0, 0.1) is 0 Å². The van der Waals surface area contributed by atoms with E-state index in [0.717, 1.165) is 18.2 Å². The smallest absolute Gasteiger partial charge is 0.466 e. The summed E-state index contributed by atoms with van der Waals surface area (Å²) in [5.74, 6) is 0.0709. The quantitative estimate of drug-likeness (QED) is 0.156. The summed E-state index contributed by atoms with van der Waals surface area (Å²) in [7, 11) is -6.62. The second-order valence-corrected chi connectivity index (χ2v) is 11.7. The van der Waals surface area contributed by atoms with E-state index in [0.29, 0.717) is 19.8 Å². The van der Waals surface area contributed by atoms with Crippen molar-refractivity contribution < 1.29 is 35.8 Å². The van der Waals surface area contributed by atoms with Crippen molar-refractivity contribution in [1.82, 2.24) is 0 Å². The van der Waals surface area contributed by atoms with Crippen LogP contribution in [0.5, 0.6) is 0 Å². The fourth-order valence-electron chi connectivity index (χ4n) is 2.35. The summed E-state index contributed by atoms with van der Waals surface area (Å²) in [6.07, 6.45) is 1.21. The summed E-state index contributed by atoms with van der Waals surface area (Å²) in [6, 6.07) is 0.738. The molecule has 8 nitrogen and oxygen atoms in total. The van der Waals surface area contributed by atoms with E-state index < -0.39 is 24.7 Å². The van der Waals surface area contributed by atoms with E-state index in [4.69, 9.17) is 22.6 Å². The van der Waals surface area contributed by atoms with Crippen LogP contribution < -0.4 is 0 Å². The predicted molar refractivity (Wildman–Crippen MR) is 109 cm³/mol. The van der Waals surface area contributed by atoms with Crippen molar-refractivity contribution in [2.75, 3.05) is 37.9 Å². The number of carbonyl (C=O) groups excluding carboxylic acids is 1. The van der Waals surface area contributed by atoms with Gasteiger partial charge in [0.1, 0.15) is 0 Å². The van der Waals surface area contributed by atoms with Gasteiger partial charge in [-0.1, -0.05) is 6.92 Å². The molecule has 1 N–H and O–H groups in total. The fraction of sp³-hybridized carbons (Fsp3) is 0.938. The Bertz CT molecular complexity index is 484. The zero-order valence-electron chi connectivity index (χ0n) is 16.8. The van der Waals surface area contributed by atoms with Crippen LogP contribution in [0.4, 0.5) is 0 Å². The molecule has 0 fully saturated rings. The van der Waals surface area contributed by atoms with Gasteiger partial charge in [0.15, 0.2) is 0 Å². The van der Waals surface area contributed by atoms with E-state index in [-0.39, 0.29) is 30.7 Å². The Labute approximate surface area is 168 Å². The van der Waals surface area contributed by atoms with Gasteiger partial charge in [0.2, 0.25) is 0 Å². The van der Waals surface area contributed by atoms with E-state index >= 15 is 0 Å². The molecule has 0 aromatic rings. The molecule has 0 aliphatic heterocycles. The van der Waals surface area contributed by atoms with Gasteiger partial charge < -0.3 is 18.0 Å². The second kappa shape index (κ2) is 14.8. The summed E-state index contributed by atoms with van der Waals surface area (Å²) in [4.78, 5) is 11.7. The third kappa shape index (κ3) is 14.5. The molecule has 11 heteroatoms. The van der Waals surface area contributed by atoms with Gasteiger partial charge in [-0.15, -0.1) is 0 Å². The third-order valence-corrected chi connectivity index (χ3v) is 8.60. The average molecular weight is 447 g/mol. The lowest BCUT2D eigenvalue weighted by Gasteiger charge is -2.28. The molecule has 0 radical (unpaired) electrons. The number of rotatable bonds is 17. The topological polar surface area (TPSA) is 108 Å². The van der Waals surface area contributed by atoms with Gasteiger partial charge in [0.05, 0.1) is 18.8 Å². The number of ether oxygens (including phenoxy) is 1. The van der Waals surface area contributed by atoms with E-state index in [9.17, 15) is 13.2 Å². The predicted octanol–water partition coefficient (Wildman–Crippen LogP) is 2.76. The zero-order valence-corrected chi connectivity index (χ0v) is 19.4. The van der Waals surface area contributed by atoms with Crippen molar-refractivity contribution in [3.05, 3.63) is 0 Å². The Balaban J connectivity index is 4.08. The summed E-state index contributed by atoms with van der Waals surface area (Å²) in [5.41, 5.74) is 0. The number of carbonyl (C=O) groups is 1. The summed E-state index contributed by atoms with van der Waals surface area (Å²) >= 11 is 1.66. The van der Waals surface area contributed by atoms with Crippen LogP contribution in [-0.2, 0) is 32.9 Å². The maximum Gasteiger partial charge on any atom is 0.500 e. The lowest BCUT2D eigenvalue weighted by Crippen LogP contribution is -2.46. The molecule has 162 valence electrons. The number of thioether (sulfide) groups is 1. The Morgan fingerprint density at radius 1 is 1.07 bits per heavy atom. The molecule has 0 rings (SSSR count). The van der Waals surface area contributed by atoms with E-state index in [1.54, 1.807) is 11.8 Å². The Kier molecular flexibility index (Phi) is 14.7. The molecule has 1 unspecified atom stereocenters. The van der Waals surface area contributed by atoms with Gasteiger partial charge in [-0.05, 0) is 39.4 Å². The van der Waals surface area contributed by atoms with Gasteiger partial charge in [0.25, 0.3) is 10.1 Å². The summed E-state index contributed by atoms with van der Waals surface area (Å²) in [6.45, 7) is 9.38. The molecule has 0 heterocycles. The maximum atomic E-state index is 11.7. The van der Waals surface area contributed by atoms with Gasteiger partial charge in [-0.2, -0.15) is 20.2 Å². The molecule has 0 amide bonds. The van der Waals surface area contributed by atoms with Crippen molar-refractivity contribution in [2.45, 2.75) is 58.3 Å². The zero-order chi connectivity index (χ0) is 20.8. The molecule has 0 saturated carbocycles. The van der Waals surface area contributed by atoms with Gasteiger partial charge in [-0.25, -0.2) is 0 Å². The highest BCUT2D eigenvalue weighted by Gasteiger charge is 2.39. The first-order chi connectivity index (χ1) is 12.7. The third-order valence-electron chi connectivity index (χ3n) is 3.39. The minimum absolute atomic E-state index is 0.0127. The van der Waals surface area contributed by atoms with Crippen LogP contribution in [0.2, 0.25) is 6.04 Å². The van der Waals surface area contributed by atoms with Crippen molar-refractivity contribution in [1.29, 1.82) is 0 Å². The molecule has 0 aliphatic carbocycles. The Morgan fingerprint density at radius 3 is 2.11 bits per heavy atom. The highest BCUT2D eigenvalue weighted by Crippen LogP contribution is 2.22. The van der Waals surface area contributed by atoms with Gasteiger partial charge >= 0.3 is 14.8 Å². The van der Waals surface area contributed by atoms with Crippen LogP contribution >= 0.6 is 11.8 Å². The maximum absolute atomic E-state index is 11.7. The SMILES string of the molecule is CCO[Si](CCCSC(C)CC(=O)OCCCS(=O)(=O)O)(OCC)OCC. The Hall–Kier alpha value is -0.173. The van der Waals surface area contributed by atoms with Crippen LogP contribution in [0.15, 0.2) is 0 Å². The van der Waals surface area contributed by atoms with Gasteiger partial charge in [-0.3, -0.25) is 9.35 Å². The van der Waals surface area contributed by atoms with Crippen molar-refractivity contribution in [3.63, 3.8) is 0 Å². The first-order valence-corrected chi connectivity index (χ1v) is 13.9. The largest absolute Gasteiger partial charge is 0.500 e. The van der Waals surface area contributed by atoms with Crippen molar-refractivity contribution in [2.24, 2.45) is 0 Å². The highest BCUT2D eigenvalue weighted by atomic mass is 32.2. The van der Waals surface area contributed by atoms with Gasteiger partial charge in [0, 0.05) is 31.1 Å². The van der Waals surface area contributed by atoms with Crippen molar-refractivity contribution in [3.8, 4) is 0 Å². The molecule has 27 heavy (non-hydrogen) atoms. The monoisotopic (exact) mass is 446 g/mol. The van der Waals surface area contributed by atoms with Crippen LogP contribution in [0.3, 0.4) is 0 Å². The molecule has 1 atom stereocenters. The summed E-state index contributed by atoms with van der Waals surface area (Å²) in [5, 5.41) is 0.0846. The van der Waals surface area contributed by atoms with E-state index in [1.807, 2.05) is 27.7 Å². The first-order valence-electron chi connectivity index (χ1n) is 9.32. The molecule has 0 spiro atoms. The Morgan fingerprint density at radius 2 is 1.63 bits per heavy atom. The minimum atomic E-state index is -4.01. The minimum Gasteiger partial charge on any atom is -0.466 e. The fourth-order valence-corrected chi connectivity index (χ4v) is 6.67. The average Bonchev–Trinajstić information content (AvgIpc) is 2.55. The van der Waals surface area contributed by atoms with E-state index in [1.165, 1.54) is 0 Å². The van der Waals surface area contributed by atoms with Crippen molar-refractivity contribution >= 4 is 36.7 Å². The van der Waals surface area contributed by atoms with Crippen LogP contribution in [0.25, 0.3) is 0 Å². The molecular formula is C16H34O8S2Si. The molecule has 0 aromatic heterocycles. The molecular weight excluding hydrogens is 412 g/mol. The van der Waals surface area contributed by atoms with Crippen LogP contribution in [-0.4, -0.2) is 70.9 Å². The normalized spacial score (nSPS) is 13.5. The number of esters is 1. The lowest BCUT2D eigenvalue weighted by molar-refractivity contribution is -0.143. The van der Waals surface area contributed by atoms with Crippen LogP contribution in [0.1, 0.15) is 47.0 Å². The standard InChI is InChI=1S/C16H34O8S2Si/c1-5-22-27(23-6-2,24-7-3)13-9-11-25-15(4)14-16(17)21-10-8-12-26(18,19)20/h15H,5-14H2,1-4H3,(H,18,19,20). The number of hydrogen-bond acceptors (Lipinski definition) is 8. The van der Waals surface area contributed by atoms with E-state index in [2.05, 4.69) is 0 Å². The molecule has 0 aliphatic rings.